The summed E-state index contributed by atoms with van der Waals surface area (Å²) in [4.78, 5) is 17.9. The first-order chi connectivity index (χ1) is 9.37. The maximum atomic E-state index is 12.1. The number of ether oxygens (including phenoxy) is 1. The van der Waals surface area contributed by atoms with Gasteiger partial charge in [0.2, 0.25) is 0 Å². The lowest BCUT2D eigenvalue weighted by Gasteiger charge is -2.35. The van der Waals surface area contributed by atoms with E-state index in [4.69, 9.17) is 4.74 Å². The Morgan fingerprint density at radius 2 is 2.35 bits per heavy atom. The number of piperidine rings is 1. The molecule has 1 N–H and O–H groups in total. The Morgan fingerprint density at radius 1 is 1.60 bits per heavy atom. The third-order valence-electron chi connectivity index (χ3n) is 3.26. The summed E-state index contributed by atoms with van der Waals surface area (Å²) in [5.74, 6) is 0.0300. The van der Waals surface area contributed by atoms with Crippen LogP contribution in [0.25, 0.3) is 0 Å². The predicted octanol–water partition coefficient (Wildman–Crippen LogP) is 2.82. The molecule has 0 saturated carbocycles. The highest BCUT2D eigenvalue weighted by molar-refractivity contribution is 7.09. The fraction of sp³-hybridized carbons (Fsp3) is 0.714. The minimum Gasteiger partial charge on any atom is -0.444 e. The van der Waals surface area contributed by atoms with E-state index in [0.29, 0.717) is 13.1 Å². The highest BCUT2D eigenvalue weighted by Gasteiger charge is 2.32. The monoisotopic (exact) mass is 298 g/mol. The largest absolute Gasteiger partial charge is 0.444 e. The van der Waals surface area contributed by atoms with E-state index in [1.54, 1.807) is 11.1 Å². The fourth-order valence-electron chi connectivity index (χ4n) is 2.34. The zero-order valence-corrected chi connectivity index (χ0v) is 13.0. The van der Waals surface area contributed by atoms with Gasteiger partial charge in [0.15, 0.2) is 0 Å². The van der Waals surface area contributed by atoms with Crippen molar-refractivity contribution in [2.75, 3.05) is 13.1 Å². The molecule has 1 aliphatic heterocycles. The smallest absolute Gasteiger partial charge is 0.410 e. The van der Waals surface area contributed by atoms with Crippen molar-refractivity contribution >= 4 is 17.4 Å². The first-order valence-electron chi connectivity index (χ1n) is 6.92. The average Bonchev–Trinajstić information content (AvgIpc) is 2.90. The summed E-state index contributed by atoms with van der Waals surface area (Å²) >= 11 is 1.45. The van der Waals surface area contributed by atoms with Crippen LogP contribution in [0, 0.1) is 5.92 Å². The van der Waals surface area contributed by atoms with E-state index in [1.807, 2.05) is 26.2 Å². The molecule has 2 atom stereocenters. The lowest BCUT2D eigenvalue weighted by Crippen LogP contribution is -2.44. The number of aliphatic hydroxyl groups excluding tert-OH is 1. The summed E-state index contributed by atoms with van der Waals surface area (Å²) in [6, 6.07) is 0. The van der Waals surface area contributed by atoms with Gasteiger partial charge in [-0.2, -0.15) is 0 Å². The summed E-state index contributed by atoms with van der Waals surface area (Å²) in [5, 5.41) is 12.9. The van der Waals surface area contributed by atoms with Crippen molar-refractivity contribution < 1.29 is 14.6 Å². The molecule has 6 heteroatoms. The van der Waals surface area contributed by atoms with Gasteiger partial charge in [0.05, 0.1) is 0 Å². The number of aliphatic hydroxyl groups is 1. The van der Waals surface area contributed by atoms with Crippen molar-refractivity contribution in [2.24, 2.45) is 5.92 Å². The molecule has 0 spiro atoms. The van der Waals surface area contributed by atoms with Gasteiger partial charge in [-0.15, -0.1) is 11.3 Å². The van der Waals surface area contributed by atoms with E-state index >= 15 is 0 Å². The lowest BCUT2D eigenvalue weighted by molar-refractivity contribution is 0.00236. The Hall–Kier alpha value is -1.14. The highest BCUT2D eigenvalue weighted by atomic mass is 32.1. The SMILES string of the molecule is CC(C)(C)OC(=O)N1CCC[C@@H]([C@H](O)c2nccs2)C1. The Kier molecular flexibility index (Phi) is 4.65. The minimum absolute atomic E-state index is 0.0300. The van der Waals surface area contributed by atoms with Gasteiger partial charge in [0.25, 0.3) is 0 Å². The lowest BCUT2D eigenvalue weighted by atomic mass is 9.93. The minimum atomic E-state index is -0.597. The number of carbonyl (C=O) groups excluding carboxylic acids is 1. The van der Waals surface area contributed by atoms with Crippen molar-refractivity contribution in [3.05, 3.63) is 16.6 Å². The Labute approximate surface area is 123 Å². The third kappa shape index (κ3) is 3.93. The molecule has 1 fully saturated rings. The van der Waals surface area contributed by atoms with Crippen molar-refractivity contribution in [1.82, 2.24) is 9.88 Å². The molecule has 1 aromatic heterocycles. The molecule has 1 aliphatic rings. The Bertz CT molecular complexity index is 442. The Morgan fingerprint density at radius 3 is 2.95 bits per heavy atom. The molecule has 5 nitrogen and oxygen atoms in total. The number of hydrogen-bond donors (Lipinski definition) is 1. The van der Waals surface area contributed by atoms with Crippen LogP contribution in [-0.2, 0) is 4.74 Å². The van der Waals surface area contributed by atoms with E-state index in [1.165, 1.54) is 11.3 Å². The normalized spacial score (nSPS) is 21.6. The van der Waals surface area contributed by atoms with E-state index in [-0.39, 0.29) is 12.0 Å². The van der Waals surface area contributed by atoms with E-state index in [0.717, 1.165) is 17.8 Å². The molecule has 2 heterocycles. The molecule has 0 radical (unpaired) electrons. The quantitative estimate of drug-likeness (QED) is 0.912. The maximum absolute atomic E-state index is 12.1. The number of nitrogens with zero attached hydrogens (tertiary/aromatic N) is 2. The van der Waals surface area contributed by atoms with Crippen LogP contribution >= 0.6 is 11.3 Å². The van der Waals surface area contributed by atoms with E-state index in [9.17, 15) is 9.90 Å². The first-order valence-corrected chi connectivity index (χ1v) is 7.80. The number of rotatable bonds is 2. The third-order valence-corrected chi connectivity index (χ3v) is 4.11. The summed E-state index contributed by atoms with van der Waals surface area (Å²) in [6.07, 6.45) is 2.58. The standard InChI is InChI=1S/C14H22N2O3S/c1-14(2,3)19-13(18)16-7-4-5-10(9-16)11(17)12-15-6-8-20-12/h6,8,10-11,17H,4-5,7,9H2,1-3H3/t10-,11+/m1/s1. The first kappa shape index (κ1) is 15.3. The van der Waals surface area contributed by atoms with Gasteiger partial charge >= 0.3 is 6.09 Å². The zero-order chi connectivity index (χ0) is 14.8. The molecule has 1 amide bonds. The molecular weight excluding hydrogens is 276 g/mol. The molecular formula is C14H22N2O3S. The van der Waals surface area contributed by atoms with Crippen LogP contribution in [0.15, 0.2) is 11.6 Å². The molecule has 1 aromatic rings. The second-order valence-electron chi connectivity index (χ2n) is 6.14. The summed E-state index contributed by atoms with van der Waals surface area (Å²) < 4.78 is 5.39. The van der Waals surface area contributed by atoms with Gasteiger partial charge in [-0.05, 0) is 33.6 Å². The molecule has 0 aromatic carbocycles. The van der Waals surface area contributed by atoms with Crippen LogP contribution in [0.1, 0.15) is 44.7 Å². The summed E-state index contributed by atoms with van der Waals surface area (Å²) in [5.41, 5.74) is -0.488. The Balaban J connectivity index is 1.96. The zero-order valence-electron chi connectivity index (χ0n) is 12.2. The molecule has 112 valence electrons. The predicted molar refractivity (Wildman–Crippen MR) is 77.6 cm³/mol. The summed E-state index contributed by atoms with van der Waals surface area (Å²) in [6.45, 7) is 6.79. The number of thiazole rings is 1. The molecule has 0 aliphatic carbocycles. The van der Waals surface area contributed by atoms with E-state index in [2.05, 4.69) is 4.98 Å². The maximum Gasteiger partial charge on any atom is 0.410 e. The number of carbonyl (C=O) groups is 1. The van der Waals surface area contributed by atoms with Crippen LogP contribution < -0.4 is 0 Å². The van der Waals surface area contributed by atoms with Gasteiger partial charge in [-0.25, -0.2) is 9.78 Å². The molecule has 0 unspecified atom stereocenters. The summed E-state index contributed by atoms with van der Waals surface area (Å²) in [7, 11) is 0. The number of likely N-dealkylation sites (tertiary alicyclic amines) is 1. The van der Waals surface area contributed by atoms with Crippen molar-refractivity contribution in [3.63, 3.8) is 0 Å². The van der Waals surface area contributed by atoms with Gasteiger partial charge in [0.1, 0.15) is 16.7 Å². The second kappa shape index (κ2) is 6.10. The topological polar surface area (TPSA) is 62.7 Å². The van der Waals surface area contributed by atoms with Crippen LogP contribution in [0.2, 0.25) is 0 Å². The van der Waals surface area contributed by atoms with Gasteiger partial charge in [-0.3, -0.25) is 0 Å². The molecule has 1 saturated heterocycles. The van der Waals surface area contributed by atoms with Crippen LogP contribution in [0.5, 0.6) is 0 Å². The van der Waals surface area contributed by atoms with Gasteiger partial charge < -0.3 is 14.7 Å². The van der Waals surface area contributed by atoms with Crippen molar-refractivity contribution in [3.8, 4) is 0 Å². The van der Waals surface area contributed by atoms with Crippen molar-refractivity contribution in [2.45, 2.75) is 45.3 Å². The van der Waals surface area contributed by atoms with Crippen LogP contribution in [0.4, 0.5) is 4.79 Å². The highest BCUT2D eigenvalue weighted by Crippen LogP contribution is 2.31. The van der Waals surface area contributed by atoms with Crippen LogP contribution in [-0.4, -0.2) is 39.8 Å². The number of amides is 1. The molecule has 2 rings (SSSR count). The molecule has 20 heavy (non-hydrogen) atoms. The van der Waals surface area contributed by atoms with Crippen molar-refractivity contribution in [1.29, 1.82) is 0 Å². The fourth-order valence-corrected chi connectivity index (χ4v) is 3.06. The van der Waals surface area contributed by atoms with E-state index < -0.39 is 11.7 Å². The average molecular weight is 298 g/mol. The number of aromatic nitrogens is 1. The van der Waals surface area contributed by atoms with Gasteiger partial charge in [0, 0.05) is 30.6 Å². The number of hydrogen-bond acceptors (Lipinski definition) is 5. The second-order valence-corrected chi connectivity index (χ2v) is 7.07. The molecule has 0 bridgehead atoms. The van der Waals surface area contributed by atoms with Crippen LogP contribution in [0.3, 0.4) is 0 Å². The van der Waals surface area contributed by atoms with Gasteiger partial charge in [-0.1, -0.05) is 0 Å².